The van der Waals surface area contributed by atoms with Gasteiger partial charge in [-0.2, -0.15) is 0 Å². The monoisotopic (exact) mass is 320 g/mol. The lowest BCUT2D eigenvalue weighted by atomic mass is 9.79. The fraction of sp³-hybridized carbons (Fsp3) is 0.647. The van der Waals surface area contributed by atoms with E-state index in [1.165, 1.54) is 0 Å². The van der Waals surface area contributed by atoms with Gasteiger partial charge in [-0.05, 0) is 37.8 Å². The molecule has 0 aliphatic carbocycles. The van der Waals surface area contributed by atoms with Gasteiger partial charge in [-0.3, -0.25) is 9.78 Å². The van der Waals surface area contributed by atoms with Crippen LogP contribution < -0.4 is 4.74 Å². The smallest absolute Gasteiger partial charge is 0.248 e. The van der Waals surface area contributed by atoms with Gasteiger partial charge in [0.25, 0.3) is 0 Å². The van der Waals surface area contributed by atoms with Gasteiger partial charge in [0.05, 0.1) is 25.9 Å². The van der Waals surface area contributed by atoms with E-state index >= 15 is 0 Å². The number of rotatable bonds is 7. The van der Waals surface area contributed by atoms with E-state index in [2.05, 4.69) is 4.98 Å². The molecule has 0 radical (unpaired) electrons. The topological polar surface area (TPSA) is 60.9 Å². The summed E-state index contributed by atoms with van der Waals surface area (Å²) in [6.07, 6.45) is 5.42. The Morgan fingerprint density at radius 2 is 2.39 bits per heavy atom. The van der Waals surface area contributed by atoms with Crippen molar-refractivity contribution >= 4 is 5.91 Å². The van der Waals surface area contributed by atoms with Crippen molar-refractivity contribution in [3.05, 3.63) is 24.5 Å². The third-order valence-electron chi connectivity index (χ3n) is 4.67. The molecule has 2 saturated heterocycles. The molecule has 2 fully saturated rings. The molecule has 3 rings (SSSR count). The van der Waals surface area contributed by atoms with Gasteiger partial charge < -0.3 is 19.1 Å². The third-order valence-corrected chi connectivity index (χ3v) is 4.67. The van der Waals surface area contributed by atoms with Gasteiger partial charge in [-0.15, -0.1) is 0 Å². The molecule has 126 valence electrons. The van der Waals surface area contributed by atoms with Crippen LogP contribution >= 0.6 is 0 Å². The highest BCUT2D eigenvalue weighted by Crippen LogP contribution is 2.41. The van der Waals surface area contributed by atoms with Crippen LogP contribution in [0.4, 0.5) is 0 Å². The molecule has 6 nitrogen and oxygen atoms in total. The highest BCUT2D eigenvalue weighted by Gasteiger charge is 2.54. The Balaban J connectivity index is 1.45. The molecule has 2 aliphatic rings. The van der Waals surface area contributed by atoms with Crippen LogP contribution in [0.15, 0.2) is 24.5 Å². The van der Waals surface area contributed by atoms with Crippen LogP contribution in [0.2, 0.25) is 0 Å². The lowest BCUT2D eigenvalue weighted by molar-refractivity contribution is -0.169. The Bertz CT molecular complexity index is 517. The van der Waals surface area contributed by atoms with E-state index in [-0.39, 0.29) is 18.1 Å². The predicted molar refractivity (Wildman–Crippen MR) is 84.2 cm³/mol. The van der Waals surface area contributed by atoms with Crippen LogP contribution in [0, 0.1) is 5.92 Å². The molecule has 2 aliphatic heterocycles. The summed E-state index contributed by atoms with van der Waals surface area (Å²) in [6.45, 7) is 5.40. The number of hydrogen-bond acceptors (Lipinski definition) is 5. The van der Waals surface area contributed by atoms with Gasteiger partial charge >= 0.3 is 0 Å². The first-order valence-corrected chi connectivity index (χ1v) is 8.26. The van der Waals surface area contributed by atoms with E-state index < -0.39 is 0 Å². The zero-order chi connectivity index (χ0) is 16.1. The van der Waals surface area contributed by atoms with Gasteiger partial charge in [0.15, 0.2) is 0 Å². The second-order valence-electron chi connectivity index (χ2n) is 6.11. The molecule has 1 aromatic heterocycles. The van der Waals surface area contributed by atoms with E-state index in [1.54, 1.807) is 12.4 Å². The number of amides is 1. The number of nitrogens with zero attached hydrogens (tertiary/aromatic N) is 2. The zero-order valence-corrected chi connectivity index (χ0v) is 13.6. The van der Waals surface area contributed by atoms with Gasteiger partial charge in [0.2, 0.25) is 5.91 Å². The minimum absolute atomic E-state index is 0.0540. The largest absolute Gasteiger partial charge is 0.492 e. The van der Waals surface area contributed by atoms with E-state index in [9.17, 15) is 4.79 Å². The normalized spacial score (nSPS) is 22.1. The summed E-state index contributed by atoms with van der Waals surface area (Å²) in [4.78, 5) is 17.8. The molecule has 23 heavy (non-hydrogen) atoms. The Labute approximate surface area is 136 Å². The highest BCUT2D eigenvalue weighted by molar-refractivity contribution is 5.78. The van der Waals surface area contributed by atoms with Crippen molar-refractivity contribution in [2.75, 3.05) is 39.5 Å². The molecule has 3 heterocycles. The van der Waals surface area contributed by atoms with Crippen molar-refractivity contribution in [1.82, 2.24) is 9.88 Å². The molecule has 0 aromatic carbocycles. The lowest BCUT2D eigenvalue weighted by Crippen LogP contribution is -2.66. The molecule has 1 amide bonds. The summed E-state index contributed by atoms with van der Waals surface area (Å²) in [5.74, 6) is 1.29. The Morgan fingerprint density at radius 1 is 1.52 bits per heavy atom. The first kappa shape index (κ1) is 16.2. The van der Waals surface area contributed by atoms with Gasteiger partial charge in [-0.25, -0.2) is 0 Å². The number of likely N-dealkylation sites (tertiary alicyclic amines) is 1. The van der Waals surface area contributed by atoms with E-state index in [1.807, 2.05) is 24.0 Å². The molecule has 0 N–H and O–H groups in total. The van der Waals surface area contributed by atoms with Crippen molar-refractivity contribution in [2.24, 2.45) is 5.92 Å². The second kappa shape index (κ2) is 7.27. The summed E-state index contributed by atoms with van der Waals surface area (Å²) in [7, 11) is 0. The lowest BCUT2D eigenvalue weighted by Gasteiger charge is -2.50. The number of pyridine rings is 1. The summed E-state index contributed by atoms with van der Waals surface area (Å²) < 4.78 is 16.9. The molecule has 0 unspecified atom stereocenters. The Hall–Kier alpha value is -1.66. The molecule has 1 spiro atoms. The minimum atomic E-state index is -0.166. The van der Waals surface area contributed by atoms with Crippen molar-refractivity contribution in [3.8, 4) is 5.75 Å². The molecule has 6 heteroatoms. The van der Waals surface area contributed by atoms with Crippen molar-refractivity contribution in [1.29, 1.82) is 0 Å². The SMILES string of the molecule is CCOCC(=O)N1CC2(C1)OCC[C@@H]2CCOc1cccnc1. The zero-order valence-electron chi connectivity index (χ0n) is 13.6. The molecule has 0 bridgehead atoms. The minimum Gasteiger partial charge on any atom is -0.492 e. The van der Waals surface area contributed by atoms with Gasteiger partial charge in [0, 0.05) is 19.4 Å². The van der Waals surface area contributed by atoms with E-state index in [0.29, 0.717) is 32.2 Å². The summed E-state index contributed by atoms with van der Waals surface area (Å²) in [6, 6.07) is 3.77. The van der Waals surface area contributed by atoms with Crippen molar-refractivity contribution in [3.63, 3.8) is 0 Å². The average Bonchev–Trinajstić information content (AvgIpc) is 2.96. The fourth-order valence-electron chi connectivity index (χ4n) is 3.35. The number of aromatic nitrogens is 1. The number of carbonyl (C=O) groups excluding carboxylic acids is 1. The highest BCUT2D eigenvalue weighted by atomic mass is 16.5. The van der Waals surface area contributed by atoms with Crippen LogP contribution in [-0.4, -0.2) is 60.9 Å². The van der Waals surface area contributed by atoms with E-state index in [4.69, 9.17) is 14.2 Å². The number of carbonyl (C=O) groups is 1. The number of hydrogen-bond donors (Lipinski definition) is 0. The second-order valence-corrected chi connectivity index (χ2v) is 6.11. The molecule has 1 aromatic rings. The predicted octanol–water partition coefficient (Wildman–Crippen LogP) is 1.50. The quantitative estimate of drug-likeness (QED) is 0.762. The summed E-state index contributed by atoms with van der Waals surface area (Å²) >= 11 is 0. The van der Waals surface area contributed by atoms with Crippen molar-refractivity contribution < 1.29 is 19.0 Å². The summed E-state index contributed by atoms with van der Waals surface area (Å²) in [5, 5.41) is 0. The van der Waals surface area contributed by atoms with Gasteiger partial charge in [0.1, 0.15) is 18.0 Å². The van der Waals surface area contributed by atoms with Crippen LogP contribution in [0.1, 0.15) is 19.8 Å². The number of ether oxygens (including phenoxy) is 3. The average molecular weight is 320 g/mol. The fourth-order valence-corrected chi connectivity index (χ4v) is 3.35. The first-order chi connectivity index (χ1) is 11.2. The van der Waals surface area contributed by atoms with E-state index in [0.717, 1.165) is 25.2 Å². The molecular weight excluding hydrogens is 296 g/mol. The van der Waals surface area contributed by atoms with Crippen LogP contribution in [0.3, 0.4) is 0 Å². The van der Waals surface area contributed by atoms with Gasteiger partial charge in [-0.1, -0.05) is 0 Å². The molecule has 1 atom stereocenters. The maximum absolute atomic E-state index is 11.9. The standard InChI is InChI=1S/C17H24N2O4/c1-2-21-11-16(20)19-12-17(13-19)14(6-9-23-17)5-8-22-15-4-3-7-18-10-15/h3-4,7,10,14H,2,5-6,8-9,11-13H2,1H3/t14-/m0/s1. The third kappa shape index (κ3) is 3.64. The molecule has 0 saturated carbocycles. The molecular formula is C17H24N2O4. The van der Waals surface area contributed by atoms with Crippen molar-refractivity contribution in [2.45, 2.75) is 25.4 Å². The maximum atomic E-state index is 11.9. The Morgan fingerprint density at radius 3 is 3.13 bits per heavy atom. The van der Waals surface area contributed by atoms with Crippen LogP contribution in [0.25, 0.3) is 0 Å². The Kier molecular flexibility index (Phi) is 5.13. The van der Waals surface area contributed by atoms with Crippen LogP contribution in [-0.2, 0) is 14.3 Å². The summed E-state index contributed by atoms with van der Waals surface area (Å²) in [5.41, 5.74) is -0.166. The van der Waals surface area contributed by atoms with Crippen LogP contribution in [0.5, 0.6) is 5.75 Å². The first-order valence-electron chi connectivity index (χ1n) is 8.26. The maximum Gasteiger partial charge on any atom is 0.248 e.